The zero-order valence-electron chi connectivity index (χ0n) is 16.5. The summed E-state index contributed by atoms with van der Waals surface area (Å²) >= 11 is 0. The number of sulfonamides is 1. The molecule has 168 valence electrons. The molecule has 3 aromatic carbocycles. The van der Waals surface area contributed by atoms with Crippen LogP contribution in [0.5, 0.6) is 17.2 Å². The van der Waals surface area contributed by atoms with Crippen molar-refractivity contribution in [1.82, 2.24) is 0 Å². The second kappa shape index (κ2) is 8.89. The van der Waals surface area contributed by atoms with Gasteiger partial charge in [0.2, 0.25) is 10.0 Å². The lowest BCUT2D eigenvalue weighted by atomic mass is 10.2. The molecule has 0 saturated heterocycles. The fraction of sp³-hybridized carbons (Fsp3) is 0.0952. The van der Waals surface area contributed by atoms with Crippen molar-refractivity contribution in [1.29, 1.82) is 0 Å². The number of rotatable bonds is 6. The van der Waals surface area contributed by atoms with Crippen molar-refractivity contribution in [2.75, 3.05) is 12.4 Å². The van der Waals surface area contributed by atoms with Crippen molar-refractivity contribution in [2.45, 2.75) is 11.1 Å². The molecule has 7 nitrogen and oxygen atoms in total. The van der Waals surface area contributed by atoms with Crippen molar-refractivity contribution in [2.24, 2.45) is 5.14 Å². The van der Waals surface area contributed by atoms with Gasteiger partial charge < -0.3 is 14.8 Å². The molecule has 0 aliphatic carbocycles. The van der Waals surface area contributed by atoms with Crippen molar-refractivity contribution in [3.05, 3.63) is 77.9 Å². The van der Waals surface area contributed by atoms with Crippen LogP contribution in [-0.4, -0.2) is 21.4 Å². The zero-order valence-corrected chi connectivity index (χ0v) is 17.3. The van der Waals surface area contributed by atoms with Gasteiger partial charge in [0.15, 0.2) is 0 Å². The lowest BCUT2D eigenvalue weighted by Gasteiger charge is -2.12. The molecule has 11 heteroatoms. The van der Waals surface area contributed by atoms with Crippen molar-refractivity contribution >= 4 is 21.6 Å². The van der Waals surface area contributed by atoms with E-state index in [9.17, 15) is 26.4 Å². The van der Waals surface area contributed by atoms with Gasteiger partial charge in [-0.25, -0.2) is 13.6 Å². The third-order valence-electron chi connectivity index (χ3n) is 4.22. The molecular formula is C21H17F3N2O5S. The Bertz CT molecular complexity index is 1260. The molecular weight excluding hydrogens is 449 g/mol. The number of amides is 1. The quantitative estimate of drug-likeness (QED) is 0.560. The maximum Gasteiger partial charge on any atom is 0.416 e. The van der Waals surface area contributed by atoms with Crippen LogP contribution in [0.25, 0.3) is 0 Å². The third-order valence-corrected chi connectivity index (χ3v) is 5.15. The first-order chi connectivity index (χ1) is 15.0. The maximum absolute atomic E-state index is 12.9. The van der Waals surface area contributed by atoms with Gasteiger partial charge in [-0.15, -0.1) is 0 Å². The minimum Gasteiger partial charge on any atom is -0.495 e. The van der Waals surface area contributed by atoms with Gasteiger partial charge in [-0.3, -0.25) is 4.79 Å². The number of primary sulfonamides is 1. The number of anilines is 1. The summed E-state index contributed by atoms with van der Waals surface area (Å²) in [6.07, 6.45) is -4.52. The molecule has 0 aliphatic heterocycles. The predicted molar refractivity (Wildman–Crippen MR) is 110 cm³/mol. The molecule has 0 saturated carbocycles. The summed E-state index contributed by atoms with van der Waals surface area (Å²) in [4.78, 5) is 12.3. The highest BCUT2D eigenvalue weighted by atomic mass is 32.2. The topological polar surface area (TPSA) is 108 Å². The number of nitrogens with two attached hydrogens (primary N) is 1. The molecule has 0 unspecified atom stereocenters. The third kappa shape index (κ3) is 5.56. The number of carbonyl (C=O) groups is 1. The van der Waals surface area contributed by atoms with Crippen molar-refractivity contribution in [3.63, 3.8) is 0 Å². The molecule has 0 aromatic heterocycles. The Labute approximate surface area is 181 Å². The molecule has 32 heavy (non-hydrogen) atoms. The zero-order chi connectivity index (χ0) is 23.5. The van der Waals surface area contributed by atoms with E-state index in [1.54, 1.807) is 0 Å². The van der Waals surface area contributed by atoms with Crippen LogP contribution in [0.2, 0.25) is 0 Å². The van der Waals surface area contributed by atoms with Crippen LogP contribution in [0, 0.1) is 0 Å². The van der Waals surface area contributed by atoms with Gasteiger partial charge in [-0.2, -0.15) is 13.2 Å². The summed E-state index contributed by atoms with van der Waals surface area (Å²) in [5.74, 6) is -0.505. The highest BCUT2D eigenvalue weighted by molar-refractivity contribution is 7.89. The number of hydrogen-bond acceptors (Lipinski definition) is 5. The van der Waals surface area contributed by atoms with E-state index in [1.807, 2.05) is 0 Å². The van der Waals surface area contributed by atoms with Gasteiger partial charge in [0.25, 0.3) is 5.91 Å². The molecule has 3 aromatic rings. The Kier molecular flexibility index (Phi) is 6.42. The van der Waals surface area contributed by atoms with Gasteiger partial charge in [0, 0.05) is 11.3 Å². The van der Waals surface area contributed by atoms with Crippen molar-refractivity contribution < 1.29 is 35.9 Å². The second-order valence-corrected chi connectivity index (χ2v) is 8.05. The summed E-state index contributed by atoms with van der Waals surface area (Å²) in [6, 6.07) is 14.0. The monoisotopic (exact) mass is 466 g/mol. The standard InChI is InChI=1S/C21H17F3N2O5S/c1-30-18-9-8-15(12-19(18)32(25,28)29)26-20(27)13-4-2-6-16(10-13)31-17-7-3-5-14(11-17)21(22,23)24/h2-12H,1H3,(H,26,27)(H2,25,28,29). The van der Waals surface area contributed by atoms with Crippen LogP contribution in [0.15, 0.2) is 71.6 Å². The summed E-state index contributed by atoms with van der Waals surface area (Å²) in [7, 11) is -2.82. The molecule has 3 N–H and O–H groups in total. The first-order valence-electron chi connectivity index (χ1n) is 8.95. The number of ether oxygens (including phenoxy) is 2. The minimum atomic E-state index is -4.52. The predicted octanol–water partition coefficient (Wildman–Crippen LogP) is 4.41. The number of benzene rings is 3. The fourth-order valence-electron chi connectivity index (χ4n) is 2.75. The van der Waals surface area contributed by atoms with E-state index >= 15 is 0 Å². The molecule has 1 amide bonds. The van der Waals surface area contributed by atoms with Crippen LogP contribution in [-0.2, 0) is 16.2 Å². The Hall–Kier alpha value is -3.57. The SMILES string of the molecule is COc1ccc(NC(=O)c2cccc(Oc3cccc(C(F)(F)F)c3)c2)cc1S(N)(=O)=O. The molecule has 0 radical (unpaired) electrons. The molecule has 0 aliphatic rings. The highest BCUT2D eigenvalue weighted by Gasteiger charge is 2.30. The number of nitrogens with one attached hydrogen (secondary N) is 1. The van der Waals surface area contributed by atoms with E-state index in [0.717, 1.165) is 18.2 Å². The molecule has 0 spiro atoms. The summed E-state index contributed by atoms with van der Waals surface area (Å²) in [5, 5.41) is 7.69. The Morgan fingerprint density at radius 1 is 0.969 bits per heavy atom. The average Bonchev–Trinajstić information content (AvgIpc) is 2.73. The fourth-order valence-corrected chi connectivity index (χ4v) is 3.48. The normalized spacial score (nSPS) is 11.7. The van der Waals surface area contributed by atoms with E-state index in [1.165, 1.54) is 55.6 Å². The number of halogens is 3. The average molecular weight is 466 g/mol. The van der Waals surface area contributed by atoms with Crippen LogP contribution >= 0.6 is 0 Å². The van der Waals surface area contributed by atoms with E-state index in [0.29, 0.717) is 0 Å². The van der Waals surface area contributed by atoms with E-state index in [4.69, 9.17) is 14.6 Å². The summed E-state index contributed by atoms with van der Waals surface area (Å²) < 4.78 is 72.5. The van der Waals surface area contributed by atoms with Crippen LogP contribution < -0.4 is 19.9 Å². The summed E-state index contributed by atoms with van der Waals surface area (Å²) in [6.45, 7) is 0. The van der Waals surface area contributed by atoms with Crippen molar-refractivity contribution in [3.8, 4) is 17.2 Å². The number of carbonyl (C=O) groups excluding carboxylic acids is 1. The number of methoxy groups -OCH3 is 1. The van der Waals surface area contributed by atoms with E-state index in [2.05, 4.69) is 5.32 Å². The van der Waals surface area contributed by atoms with Crippen LogP contribution in [0.1, 0.15) is 15.9 Å². The van der Waals surface area contributed by atoms with Gasteiger partial charge in [-0.05, 0) is 54.6 Å². The summed E-state index contributed by atoms with van der Waals surface area (Å²) in [5.41, 5.74) is -0.597. The van der Waals surface area contributed by atoms with Crippen LogP contribution in [0.4, 0.5) is 18.9 Å². The van der Waals surface area contributed by atoms with Gasteiger partial charge in [-0.1, -0.05) is 12.1 Å². The largest absolute Gasteiger partial charge is 0.495 e. The van der Waals surface area contributed by atoms with Crippen LogP contribution in [0.3, 0.4) is 0 Å². The highest BCUT2D eigenvalue weighted by Crippen LogP contribution is 2.33. The lowest BCUT2D eigenvalue weighted by Crippen LogP contribution is -2.16. The second-order valence-electron chi connectivity index (χ2n) is 6.52. The van der Waals surface area contributed by atoms with Gasteiger partial charge >= 0.3 is 6.18 Å². The number of alkyl halides is 3. The first-order valence-corrected chi connectivity index (χ1v) is 10.5. The van der Waals surface area contributed by atoms with Gasteiger partial charge in [0.1, 0.15) is 22.1 Å². The molecule has 0 bridgehead atoms. The Balaban J connectivity index is 1.81. The molecule has 0 fully saturated rings. The lowest BCUT2D eigenvalue weighted by molar-refractivity contribution is -0.137. The Morgan fingerprint density at radius 2 is 1.62 bits per heavy atom. The number of hydrogen-bond donors (Lipinski definition) is 2. The first kappa shape index (κ1) is 23.1. The smallest absolute Gasteiger partial charge is 0.416 e. The molecule has 0 heterocycles. The van der Waals surface area contributed by atoms with E-state index < -0.39 is 27.7 Å². The van der Waals surface area contributed by atoms with Gasteiger partial charge in [0.05, 0.1) is 12.7 Å². The van der Waals surface area contributed by atoms with E-state index in [-0.39, 0.29) is 33.4 Å². The molecule has 3 rings (SSSR count). The Morgan fingerprint density at radius 3 is 2.25 bits per heavy atom. The minimum absolute atomic E-state index is 0.0157. The molecule has 0 atom stereocenters. The maximum atomic E-state index is 12.9.